The second kappa shape index (κ2) is 5.61. The van der Waals surface area contributed by atoms with Crippen LogP contribution >= 0.6 is 11.6 Å². The third kappa shape index (κ3) is 2.62. The zero-order valence-electron chi connectivity index (χ0n) is 12.2. The van der Waals surface area contributed by atoms with Gasteiger partial charge < -0.3 is 4.90 Å². The zero-order chi connectivity index (χ0) is 14.1. The van der Waals surface area contributed by atoms with Crippen molar-refractivity contribution in [3.63, 3.8) is 0 Å². The number of nitrogens with zero attached hydrogens (tertiary/aromatic N) is 2. The quantitative estimate of drug-likeness (QED) is 0.773. The van der Waals surface area contributed by atoms with Crippen molar-refractivity contribution in [1.82, 2.24) is 4.98 Å². The van der Waals surface area contributed by atoms with Crippen molar-refractivity contribution < 1.29 is 0 Å². The third-order valence-electron chi connectivity index (χ3n) is 4.07. The van der Waals surface area contributed by atoms with Gasteiger partial charge in [0.15, 0.2) is 0 Å². The number of aromatic nitrogens is 1. The third-order valence-corrected chi connectivity index (χ3v) is 4.39. The second-order valence-corrected chi connectivity index (χ2v) is 6.34. The molecule has 2 aromatic rings. The van der Waals surface area contributed by atoms with Gasteiger partial charge in [-0.1, -0.05) is 25.4 Å². The highest BCUT2D eigenvalue weighted by Gasteiger charge is 2.13. The van der Waals surface area contributed by atoms with Gasteiger partial charge in [0.05, 0.1) is 10.5 Å². The SMILES string of the molecule is CC(C)c1cc(Cl)c2cc(N3CCCCC3)ccc2n1. The number of halogens is 1. The lowest BCUT2D eigenvalue weighted by Gasteiger charge is -2.29. The van der Waals surface area contributed by atoms with Gasteiger partial charge in [-0.2, -0.15) is 0 Å². The van der Waals surface area contributed by atoms with E-state index in [1.807, 2.05) is 6.07 Å². The second-order valence-electron chi connectivity index (χ2n) is 5.93. The van der Waals surface area contributed by atoms with Gasteiger partial charge in [0.2, 0.25) is 0 Å². The number of fused-ring (bicyclic) bond motifs is 1. The highest BCUT2D eigenvalue weighted by molar-refractivity contribution is 6.35. The molecule has 1 saturated heterocycles. The van der Waals surface area contributed by atoms with E-state index in [0.29, 0.717) is 5.92 Å². The van der Waals surface area contributed by atoms with Crippen LogP contribution in [0.2, 0.25) is 5.02 Å². The number of rotatable bonds is 2. The monoisotopic (exact) mass is 288 g/mol. The van der Waals surface area contributed by atoms with Gasteiger partial charge in [-0.25, -0.2) is 0 Å². The number of pyridine rings is 1. The highest BCUT2D eigenvalue weighted by Crippen LogP contribution is 2.30. The van der Waals surface area contributed by atoms with E-state index in [0.717, 1.165) is 34.7 Å². The van der Waals surface area contributed by atoms with Crippen LogP contribution in [0.4, 0.5) is 5.69 Å². The fourth-order valence-corrected chi connectivity index (χ4v) is 3.10. The van der Waals surface area contributed by atoms with E-state index in [4.69, 9.17) is 16.6 Å². The molecule has 3 rings (SSSR count). The lowest BCUT2D eigenvalue weighted by molar-refractivity contribution is 0.578. The van der Waals surface area contributed by atoms with E-state index in [1.54, 1.807) is 0 Å². The Balaban J connectivity index is 2.02. The summed E-state index contributed by atoms with van der Waals surface area (Å²) in [5.74, 6) is 0.402. The van der Waals surface area contributed by atoms with Gasteiger partial charge >= 0.3 is 0 Å². The maximum Gasteiger partial charge on any atom is 0.0721 e. The summed E-state index contributed by atoms with van der Waals surface area (Å²) in [6, 6.07) is 8.49. The van der Waals surface area contributed by atoms with Crippen LogP contribution in [0.3, 0.4) is 0 Å². The van der Waals surface area contributed by atoms with Crippen LogP contribution in [0, 0.1) is 0 Å². The average molecular weight is 289 g/mol. The molecule has 0 saturated carbocycles. The molecule has 0 aliphatic carbocycles. The van der Waals surface area contributed by atoms with Gasteiger partial charge in [0, 0.05) is 29.9 Å². The van der Waals surface area contributed by atoms with E-state index in [1.165, 1.54) is 24.9 Å². The topological polar surface area (TPSA) is 16.1 Å². The molecule has 1 aromatic carbocycles. The van der Waals surface area contributed by atoms with Crippen molar-refractivity contribution in [1.29, 1.82) is 0 Å². The molecule has 1 fully saturated rings. The number of anilines is 1. The Labute approximate surface area is 125 Å². The van der Waals surface area contributed by atoms with Crippen molar-refractivity contribution in [2.75, 3.05) is 18.0 Å². The lowest BCUT2D eigenvalue weighted by atomic mass is 10.1. The van der Waals surface area contributed by atoms with E-state index in [2.05, 4.69) is 36.9 Å². The Morgan fingerprint density at radius 2 is 1.85 bits per heavy atom. The van der Waals surface area contributed by atoms with Crippen LogP contribution in [0.1, 0.15) is 44.7 Å². The Bertz CT molecular complexity index is 616. The Hall–Kier alpha value is -1.28. The first-order chi connectivity index (χ1) is 9.65. The molecule has 2 nitrogen and oxygen atoms in total. The van der Waals surface area contributed by atoms with Crippen LogP contribution < -0.4 is 4.90 Å². The molecule has 0 unspecified atom stereocenters. The molecule has 1 aliphatic rings. The van der Waals surface area contributed by atoms with E-state index in [9.17, 15) is 0 Å². The summed E-state index contributed by atoms with van der Waals surface area (Å²) in [7, 11) is 0. The van der Waals surface area contributed by atoms with Crippen molar-refractivity contribution in [3.05, 3.63) is 35.0 Å². The molecule has 106 valence electrons. The van der Waals surface area contributed by atoms with Crippen molar-refractivity contribution in [3.8, 4) is 0 Å². The van der Waals surface area contributed by atoms with Gasteiger partial charge in [-0.15, -0.1) is 0 Å². The molecule has 0 N–H and O–H groups in total. The zero-order valence-corrected chi connectivity index (χ0v) is 13.0. The van der Waals surface area contributed by atoms with Crippen LogP contribution in [0.25, 0.3) is 10.9 Å². The molecule has 1 aliphatic heterocycles. The minimum Gasteiger partial charge on any atom is -0.372 e. The molecule has 3 heteroatoms. The first-order valence-corrected chi connectivity index (χ1v) is 7.88. The van der Waals surface area contributed by atoms with Gasteiger partial charge in [0.25, 0.3) is 0 Å². The standard InChI is InChI=1S/C17H21ClN2/c1-12(2)17-11-15(18)14-10-13(6-7-16(14)19-17)20-8-4-3-5-9-20/h6-7,10-12H,3-5,8-9H2,1-2H3. The maximum absolute atomic E-state index is 6.46. The molecule has 2 heterocycles. The minimum absolute atomic E-state index is 0.402. The molecular formula is C17H21ClN2. The Morgan fingerprint density at radius 3 is 2.55 bits per heavy atom. The predicted octanol–water partition coefficient (Wildman–Crippen LogP) is 5.00. The largest absolute Gasteiger partial charge is 0.372 e. The summed E-state index contributed by atoms with van der Waals surface area (Å²) in [5.41, 5.74) is 3.34. The summed E-state index contributed by atoms with van der Waals surface area (Å²) in [6.07, 6.45) is 3.93. The van der Waals surface area contributed by atoms with Gasteiger partial charge in [-0.05, 0) is 49.4 Å². The molecule has 0 amide bonds. The fraction of sp³-hybridized carbons (Fsp3) is 0.471. The number of piperidine rings is 1. The van der Waals surface area contributed by atoms with E-state index < -0.39 is 0 Å². The molecule has 20 heavy (non-hydrogen) atoms. The van der Waals surface area contributed by atoms with Gasteiger partial charge in [-0.3, -0.25) is 4.98 Å². The highest BCUT2D eigenvalue weighted by atomic mass is 35.5. The number of benzene rings is 1. The Morgan fingerprint density at radius 1 is 1.10 bits per heavy atom. The minimum atomic E-state index is 0.402. The number of hydrogen-bond donors (Lipinski definition) is 0. The summed E-state index contributed by atoms with van der Waals surface area (Å²) >= 11 is 6.46. The molecule has 0 radical (unpaired) electrons. The first-order valence-electron chi connectivity index (χ1n) is 7.50. The summed E-state index contributed by atoms with van der Waals surface area (Å²) in [6.45, 7) is 6.60. The van der Waals surface area contributed by atoms with Crippen LogP contribution in [-0.4, -0.2) is 18.1 Å². The maximum atomic E-state index is 6.46. The normalized spacial score (nSPS) is 16.1. The molecular weight excluding hydrogens is 268 g/mol. The molecule has 1 aromatic heterocycles. The van der Waals surface area contributed by atoms with Crippen LogP contribution in [0.5, 0.6) is 0 Å². The van der Waals surface area contributed by atoms with E-state index in [-0.39, 0.29) is 0 Å². The van der Waals surface area contributed by atoms with Gasteiger partial charge in [0.1, 0.15) is 0 Å². The van der Waals surface area contributed by atoms with Crippen molar-refractivity contribution in [2.45, 2.75) is 39.0 Å². The van der Waals surface area contributed by atoms with E-state index >= 15 is 0 Å². The summed E-state index contributed by atoms with van der Waals surface area (Å²) < 4.78 is 0. The fourth-order valence-electron chi connectivity index (χ4n) is 2.84. The first kappa shape index (κ1) is 13.7. The van der Waals surface area contributed by atoms with Crippen molar-refractivity contribution in [2.24, 2.45) is 0 Å². The molecule has 0 spiro atoms. The average Bonchev–Trinajstić information content (AvgIpc) is 2.47. The lowest BCUT2D eigenvalue weighted by Crippen LogP contribution is -2.29. The molecule has 0 bridgehead atoms. The van der Waals surface area contributed by atoms with Crippen molar-refractivity contribution >= 4 is 28.2 Å². The summed E-state index contributed by atoms with van der Waals surface area (Å²) in [4.78, 5) is 7.17. The molecule has 0 atom stereocenters. The van der Waals surface area contributed by atoms with Crippen LogP contribution in [0.15, 0.2) is 24.3 Å². The predicted molar refractivity (Wildman–Crippen MR) is 86.9 cm³/mol. The Kier molecular flexibility index (Phi) is 3.84. The van der Waals surface area contributed by atoms with Crippen LogP contribution in [-0.2, 0) is 0 Å². The smallest absolute Gasteiger partial charge is 0.0721 e. The summed E-state index contributed by atoms with van der Waals surface area (Å²) in [5, 5.41) is 1.89. The number of hydrogen-bond acceptors (Lipinski definition) is 2.